The molecule has 2 aromatic rings. The molecule has 2 atom stereocenters. The second kappa shape index (κ2) is 6.86. The van der Waals surface area contributed by atoms with Crippen LogP contribution in [0.5, 0.6) is 5.75 Å². The molecule has 0 bridgehead atoms. The Morgan fingerprint density at radius 1 is 1.30 bits per heavy atom. The predicted octanol–water partition coefficient (Wildman–Crippen LogP) is 5.15. The number of amides is 1. The molecule has 1 aliphatic carbocycles. The molecule has 144 valence electrons. The number of hydrogen-bond acceptors (Lipinski definition) is 4. The zero-order chi connectivity index (χ0) is 19.2. The minimum Gasteiger partial charge on any atom is -0.497 e. The topological polar surface area (TPSA) is 50.4 Å². The molecular formula is C22H28N2O2S. The van der Waals surface area contributed by atoms with Crippen LogP contribution in [-0.4, -0.2) is 13.0 Å². The van der Waals surface area contributed by atoms with Crippen molar-refractivity contribution in [2.75, 3.05) is 12.4 Å². The molecule has 0 saturated heterocycles. The van der Waals surface area contributed by atoms with E-state index in [1.165, 1.54) is 23.3 Å². The van der Waals surface area contributed by atoms with Crippen LogP contribution in [0.15, 0.2) is 24.3 Å². The van der Waals surface area contributed by atoms with Crippen molar-refractivity contribution in [3.8, 4) is 5.75 Å². The third-order valence-electron chi connectivity index (χ3n) is 6.49. The first-order chi connectivity index (χ1) is 12.9. The fourth-order valence-corrected chi connectivity index (χ4v) is 5.59. The Hall–Kier alpha value is -2.01. The van der Waals surface area contributed by atoms with Gasteiger partial charge >= 0.3 is 0 Å². The van der Waals surface area contributed by atoms with Crippen molar-refractivity contribution in [2.45, 2.75) is 52.6 Å². The summed E-state index contributed by atoms with van der Waals surface area (Å²) in [5, 5.41) is 7.70. The van der Waals surface area contributed by atoms with E-state index in [1.54, 1.807) is 18.4 Å². The number of hydrogen-bond donors (Lipinski definition) is 2. The quantitative estimate of drug-likeness (QED) is 0.766. The second-order valence-corrected chi connectivity index (χ2v) is 9.42. The molecule has 1 amide bonds. The van der Waals surface area contributed by atoms with Crippen LogP contribution in [0.2, 0.25) is 0 Å². The normalized spacial score (nSPS) is 21.7. The van der Waals surface area contributed by atoms with Crippen LogP contribution in [0.25, 0.3) is 0 Å². The number of fused-ring (bicyclic) bond motifs is 3. The summed E-state index contributed by atoms with van der Waals surface area (Å²) in [4.78, 5) is 14.3. The highest BCUT2D eigenvalue weighted by Crippen LogP contribution is 2.47. The van der Waals surface area contributed by atoms with Gasteiger partial charge in [-0.3, -0.25) is 4.79 Å². The summed E-state index contributed by atoms with van der Waals surface area (Å²) in [7, 11) is 1.66. The van der Waals surface area contributed by atoms with Gasteiger partial charge in [-0.1, -0.05) is 39.3 Å². The highest BCUT2D eigenvalue weighted by atomic mass is 32.1. The third kappa shape index (κ3) is 3.22. The summed E-state index contributed by atoms with van der Waals surface area (Å²) in [5.74, 6) is 1.53. The molecule has 0 unspecified atom stereocenters. The van der Waals surface area contributed by atoms with E-state index in [-0.39, 0.29) is 12.1 Å². The number of carbonyl (C=O) groups is 1. The number of nitrogens with one attached hydrogen (secondary N) is 2. The molecule has 0 fully saturated rings. The Labute approximate surface area is 165 Å². The Kier molecular flexibility index (Phi) is 4.66. The van der Waals surface area contributed by atoms with Crippen molar-refractivity contribution >= 4 is 22.2 Å². The molecule has 0 radical (unpaired) electrons. The van der Waals surface area contributed by atoms with Crippen LogP contribution in [-0.2, 0) is 12.8 Å². The van der Waals surface area contributed by atoms with Gasteiger partial charge in [0.1, 0.15) is 16.9 Å². The van der Waals surface area contributed by atoms with Gasteiger partial charge in [0.25, 0.3) is 5.91 Å². The summed E-state index contributed by atoms with van der Waals surface area (Å²) in [6.45, 7) is 7.03. The molecule has 2 heterocycles. The molecule has 27 heavy (non-hydrogen) atoms. The lowest BCUT2D eigenvalue weighted by molar-refractivity contribution is 0.0934. The van der Waals surface area contributed by atoms with Crippen LogP contribution < -0.4 is 15.4 Å². The van der Waals surface area contributed by atoms with Crippen molar-refractivity contribution in [2.24, 2.45) is 11.3 Å². The van der Waals surface area contributed by atoms with Gasteiger partial charge < -0.3 is 15.4 Å². The van der Waals surface area contributed by atoms with Crippen LogP contribution >= 0.6 is 11.3 Å². The van der Waals surface area contributed by atoms with Crippen LogP contribution in [0.1, 0.15) is 66.1 Å². The third-order valence-corrected chi connectivity index (χ3v) is 7.67. The molecule has 4 nitrogen and oxygen atoms in total. The lowest BCUT2D eigenvalue weighted by Crippen LogP contribution is -2.38. The van der Waals surface area contributed by atoms with Gasteiger partial charge in [-0.05, 0) is 53.9 Å². The zero-order valence-electron chi connectivity index (χ0n) is 16.5. The van der Waals surface area contributed by atoms with Gasteiger partial charge in [0, 0.05) is 4.88 Å². The van der Waals surface area contributed by atoms with E-state index in [0.717, 1.165) is 34.7 Å². The van der Waals surface area contributed by atoms with E-state index in [0.29, 0.717) is 11.3 Å². The average Bonchev–Trinajstić information content (AvgIpc) is 3.06. The molecule has 5 heteroatoms. The van der Waals surface area contributed by atoms with Crippen molar-refractivity contribution in [1.29, 1.82) is 0 Å². The first-order valence-electron chi connectivity index (χ1n) is 9.79. The van der Waals surface area contributed by atoms with E-state index in [1.807, 2.05) is 24.3 Å². The maximum Gasteiger partial charge on any atom is 0.256 e. The second-order valence-electron chi connectivity index (χ2n) is 8.32. The number of benzene rings is 1. The molecular weight excluding hydrogens is 356 g/mol. The summed E-state index contributed by atoms with van der Waals surface area (Å²) in [6, 6.07) is 7.85. The molecule has 2 aliphatic rings. The highest BCUT2D eigenvalue weighted by Gasteiger charge is 2.37. The Bertz CT molecular complexity index is 871. The smallest absolute Gasteiger partial charge is 0.256 e. The van der Waals surface area contributed by atoms with Gasteiger partial charge in [0.2, 0.25) is 0 Å². The molecule has 1 aliphatic heterocycles. The Morgan fingerprint density at radius 2 is 2.11 bits per heavy atom. The molecule has 0 spiro atoms. The summed E-state index contributed by atoms with van der Waals surface area (Å²) < 4.78 is 5.32. The standard InChI is InChI=1S/C22H28N2O2S/c1-5-22(2,3)14-9-10-16-17(12-14)27-21-18(16)20(25)23-19(24-21)13-7-6-8-15(11-13)26-4/h6-8,11,14,19,24H,5,9-10,12H2,1-4H3,(H,23,25)/t14-,19+/m1/s1. The van der Waals surface area contributed by atoms with Crippen molar-refractivity contribution in [1.82, 2.24) is 5.32 Å². The predicted molar refractivity (Wildman–Crippen MR) is 111 cm³/mol. The van der Waals surface area contributed by atoms with E-state index in [4.69, 9.17) is 4.74 Å². The summed E-state index contributed by atoms with van der Waals surface area (Å²) >= 11 is 1.78. The van der Waals surface area contributed by atoms with E-state index < -0.39 is 0 Å². The lowest BCUT2D eigenvalue weighted by atomic mass is 9.69. The number of anilines is 1. The van der Waals surface area contributed by atoms with Crippen LogP contribution in [0, 0.1) is 11.3 Å². The molecule has 0 saturated carbocycles. The molecule has 4 rings (SSSR count). The maximum atomic E-state index is 12.9. The molecule has 1 aromatic carbocycles. The number of thiophene rings is 1. The van der Waals surface area contributed by atoms with Crippen LogP contribution in [0.4, 0.5) is 5.00 Å². The van der Waals surface area contributed by atoms with Gasteiger partial charge in [0.05, 0.1) is 12.7 Å². The monoisotopic (exact) mass is 384 g/mol. The van der Waals surface area contributed by atoms with Gasteiger partial charge in [-0.2, -0.15) is 0 Å². The molecule has 1 aromatic heterocycles. The lowest BCUT2D eigenvalue weighted by Gasteiger charge is -2.36. The van der Waals surface area contributed by atoms with Gasteiger partial charge in [-0.25, -0.2) is 0 Å². The highest BCUT2D eigenvalue weighted by molar-refractivity contribution is 7.16. The summed E-state index contributed by atoms with van der Waals surface area (Å²) in [6.07, 6.45) is 4.24. The Balaban J connectivity index is 1.63. The minimum atomic E-state index is -0.219. The van der Waals surface area contributed by atoms with E-state index in [2.05, 4.69) is 31.4 Å². The molecule has 2 N–H and O–H groups in total. The van der Waals surface area contributed by atoms with E-state index >= 15 is 0 Å². The van der Waals surface area contributed by atoms with Crippen LogP contribution in [0.3, 0.4) is 0 Å². The van der Waals surface area contributed by atoms with Crippen molar-refractivity contribution in [3.05, 3.63) is 45.8 Å². The van der Waals surface area contributed by atoms with Crippen molar-refractivity contribution in [3.63, 3.8) is 0 Å². The number of rotatable bonds is 4. The van der Waals surface area contributed by atoms with Crippen molar-refractivity contribution < 1.29 is 9.53 Å². The number of carbonyl (C=O) groups excluding carboxylic acids is 1. The zero-order valence-corrected chi connectivity index (χ0v) is 17.3. The fourth-order valence-electron chi connectivity index (χ4n) is 4.24. The fraction of sp³-hybridized carbons (Fsp3) is 0.500. The van der Waals surface area contributed by atoms with E-state index in [9.17, 15) is 4.79 Å². The maximum absolute atomic E-state index is 12.9. The number of methoxy groups -OCH3 is 1. The summed E-state index contributed by atoms with van der Waals surface area (Å²) in [5.41, 5.74) is 3.50. The number of ether oxygens (including phenoxy) is 1. The Morgan fingerprint density at radius 3 is 2.85 bits per heavy atom. The first kappa shape index (κ1) is 18.4. The SMILES string of the molecule is CCC(C)(C)[C@@H]1CCc2c(sc3c2C(=O)N[C@H](c2cccc(OC)c2)N3)C1. The van der Waals surface area contributed by atoms with Gasteiger partial charge in [-0.15, -0.1) is 11.3 Å². The largest absolute Gasteiger partial charge is 0.497 e. The minimum absolute atomic E-state index is 0.0438. The van der Waals surface area contributed by atoms with Gasteiger partial charge in [0.15, 0.2) is 0 Å². The average molecular weight is 385 g/mol. The first-order valence-corrected chi connectivity index (χ1v) is 10.6.